The molecule has 1 aliphatic rings. The van der Waals surface area contributed by atoms with E-state index < -0.39 is 28.7 Å². The molecule has 106 valence electrons. The predicted octanol–water partition coefficient (Wildman–Crippen LogP) is -0.103. The monoisotopic (exact) mass is 285 g/mol. The summed E-state index contributed by atoms with van der Waals surface area (Å²) in [5, 5.41) is 8.71. The molecule has 1 fully saturated rings. The van der Waals surface area contributed by atoms with Crippen LogP contribution in [0.2, 0.25) is 0 Å². The van der Waals surface area contributed by atoms with E-state index in [9.17, 15) is 22.0 Å². The van der Waals surface area contributed by atoms with Gasteiger partial charge in [-0.15, -0.1) is 0 Å². The van der Waals surface area contributed by atoms with Crippen molar-refractivity contribution in [2.24, 2.45) is 5.92 Å². The summed E-state index contributed by atoms with van der Waals surface area (Å²) < 4.78 is 46.9. The summed E-state index contributed by atoms with van der Waals surface area (Å²) in [7, 11) is -3.07. The van der Waals surface area contributed by atoms with Crippen LogP contribution < -0.4 is 0 Å². The molecule has 0 aromatic rings. The zero-order chi connectivity index (χ0) is 13.8. The largest absolute Gasteiger partial charge is 0.395 e. The second-order valence-electron chi connectivity index (χ2n) is 4.43. The summed E-state index contributed by atoms with van der Waals surface area (Å²) in [5.74, 6) is -0.812. The average molecular weight is 285 g/mol. The minimum absolute atomic E-state index is 0.0497. The Hall–Kier alpha value is -0.760. The van der Waals surface area contributed by atoms with Crippen LogP contribution in [0, 0.1) is 5.92 Å². The highest BCUT2D eigenvalue weighted by Crippen LogP contribution is 2.22. The first-order chi connectivity index (χ1) is 8.34. The molecule has 0 bridgehead atoms. The van der Waals surface area contributed by atoms with Crippen molar-refractivity contribution in [1.29, 1.82) is 0 Å². The molecule has 1 N–H and O–H groups in total. The Morgan fingerprint density at radius 1 is 1.44 bits per heavy atom. The number of sulfone groups is 1. The molecule has 1 atom stereocenters. The Balaban J connectivity index is 2.51. The fraction of sp³-hybridized carbons (Fsp3) is 0.900. The van der Waals surface area contributed by atoms with Gasteiger partial charge in [-0.3, -0.25) is 4.79 Å². The lowest BCUT2D eigenvalue weighted by Gasteiger charge is -2.22. The van der Waals surface area contributed by atoms with Crippen LogP contribution >= 0.6 is 0 Å². The predicted molar refractivity (Wildman–Crippen MR) is 61.0 cm³/mol. The van der Waals surface area contributed by atoms with Crippen LogP contribution in [0.4, 0.5) is 8.78 Å². The number of aliphatic hydroxyl groups is 1. The highest BCUT2D eigenvalue weighted by molar-refractivity contribution is 7.91. The standard InChI is InChI=1S/C10H17F2NO4S/c11-9(12)6-13(2-3-14)10(15)5-8-1-4-18(16,17)7-8/h8-9,14H,1-7H2. The van der Waals surface area contributed by atoms with Crippen LogP contribution in [0.15, 0.2) is 0 Å². The topological polar surface area (TPSA) is 74.7 Å². The van der Waals surface area contributed by atoms with Crippen molar-refractivity contribution >= 4 is 15.7 Å². The van der Waals surface area contributed by atoms with E-state index in [0.717, 1.165) is 4.90 Å². The number of nitrogens with zero attached hydrogens (tertiary/aromatic N) is 1. The molecule has 1 amide bonds. The summed E-state index contributed by atoms with van der Waals surface area (Å²) in [4.78, 5) is 12.6. The van der Waals surface area contributed by atoms with Crippen LogP contribution in [0.25, 0.3) is 0 Å². The number of carbonyl (C=O) groups excluding carboxylic acids is 1. The maximum Gasteiger partial charge on any atom is 0.255 e. The molecule has 1 unspecified atom stereocenters. The molecule has 1 heterocycles. The smallest absolute Gasteiger partial charge is 0.255 e. The Bertz CT molecular complexity index is 385. The first-order valence-corrected chi connectivity index (χ1v) is 7.53. The van der Waals surface area contributed by atoms with E-state index in [0.29, 0.717) is 6.42 Å². The summed E-state index contributed by atoms with van der Waals surface area (Å²) in [6.07, 6.45) is -2.31. The minimum atomic E-state index is -3.07. The molecular formula is C10H17F2NO4S. The second kappa shape index (κ2) is 6.42. The van der Waals surface area contributed by atoms with Gasteiger partial charge in [-0.2, -0.15) is 0 Å². The van der Waals surface area contributed by atoms with Gasteiger partial charge in [-0.1, -0.05) is 0 Å². The van der Waals surface area contributed by atoms with Gasteiger partial charge in [0.2, 0.25) is 5.91 Å². The Kier molecular flexibility index (Phi) is 5.46. The van der Waals surface area contributed by atoms with Crippen LogP contribution in [-0.2, 0) is 14.6 Å². The molecule has 1 saturated heterocycles. The van der Waals surface area contributed by atoms with E-state index in [2.05, 4.69) is 0 Å². The molecule has 1 aliphatic heterocycles. The number of amides is 1. The summed E-state index contributed by atoms with van der Waals surface area (Å²) in [6.45, 7) is -1.26. The average Bonchev–Trinajstić information content (AvgIpc) is 2.56. The van der Waals surface area contributed by atoms with Gasteiger partial charge >= 0.3 is 0 Å². The first kappa shape index (κ1) is 15.3. The summed E-state index contributed by atoms with van der Waals surface area (Å²) >= 11 is 0. The number of hydrogen-bond acceptors (Lipinski definition) is 4. The first-order valence-electron chi connectivity index (χ1n) is 5.71. The molecule has 0 aromatic heterocycles. The van der Waals surface area contributed by atoms with Crippen LogP contribution in [0.5, 0.6) is 0 Å². The molecule has 0 radical (unpaired) electrons. The fourth-order valence-corrected chi connectivity index (χ4v) is 3.88. The van der Waals surface area contributed by atoms with Gasteiger partial charge in [-0.05, 0) is 12.3 Å². The van der Waals surface area contributed by atoms with Gasteiger partial charge in [0.1, 0.15) is 0 Å². The Morgan fingerprint density at radius 3 is 2.56 bits per heavy atom. The lowest BCUT2D eigenvalue weighted by atomic mass is 10.0. The molecule has 0 aliphatic carbocycles. The lowest BCUT2D eigenvalue weighted by Crippen LogP contribution is -2.38. The number of aliphatic hydroxyl groups excluding tert-OH is 1. The van der Waals surface area contributed by atoms with E-state index in [1.165, 1.54) is 0 Å². The fourth-order valence-electron chi connectivity index (χ4n) is 2.01. The zero-order valence-electron chi connectivity index (χ0n) is 9.89. The molecular weight excluding hydrogens is 268 g/mol. The van der Waals surface area contributed by atoms with Gasteiger partial charge in [-0.25, -0.2) is 17.2 Å². The van der Waals surface area contributed by atoms with Crippen molar-refractivity contribution in [1.82, 2.24) is 4.90 Å². The summed E-state index contributed by atoms with van der Waals surface area (Å²) in [5.41, 5.74) is 0. The van der Waals surface area contributed by atoms with E-state index in [1.807, 2.05) is 0 Å². The van der Waals surface area contributed by atoms with Crippen molar-refractivity contribution in [2.45, 2.75) is 19.3 Å². The molecule has 0 spiro atoms. The maximum absolute atomic E-state index is 12.2. The molecule has 5 nitrogen and oxygen atoms in total. The van der Waals surface area contributed by atoms with Crippen LogP contribution in [0.3, 0.4) is 0 Å². The molecule has 0 aromatic carbocycles. The van der Waals surface area contributed by atoms with Gasteiger partial charge in [0, 0.05) is 13.0 Å². The van der Waals surface area contributed by atoms with E-state index in [4.69, 9.17) is 5.11 Å². The minimum Gasteiger partial charge on any atom is -0.395 e. The lowest BCUT2D eigenvalue weighted by molar-refractivity contribution is -0.134. The molecule has 1 rings (SSSR count). The van der Waals surface area contributed by atoms with Crippen molar-refractivity contribution in [3.05, 3.63) is 0 Å². The normalized spacial score (nSPS) is 22.3. The third-order valence-electron chi connectivity index (χ3n) is 2.87. The van der Waals surface area contributed by atoms with Crippen molar-refractivity contribution in [2.75, 3.05) is 31.2 Å². The highest BCUT2D eigenvalue weighted by atomic mass is 32.2. The quantitative estimate of drug-likeness (QED) is 0.739. The third kappa shape index (κ3) is 4.85. The van der Waals surface area contributed by atoms with Gasteiger partial charge < -0.3 is 10.0 Å². The van der Waals surface area contributed by atoms with Crippen molar-refractivity contribution in [3.63, 3.8) is 0 Å². The van der Waals surface area contributed by atoms with Gasteiger partial charge in [0.25, 0.3) is 6.43 Å². The molecule has 18 heavy (non-hydrogen) atoms. The number of rotatable bonds is 6. The number of halogens is 2. The van der Waals surface area contributed by atoms with Crippen LogP contribution in [0.1, 0.15) is 12.8 Å². The zero-order valence-corrected chi connectivity index (χ0v) is 10.7. The number of alkyl halides is 2. The SMILES string of the molecule is O=C(CC1CCS(=O)(=O)C1)N(CCO)CC(F)F. The third-order valence-corrected chi connectivity index (χ3v) is 4.71. The van der Waals surface area contributed by atoms with E-state index in [1.54, 1.807) is 0 Å². The second-order valence-corrected chi connectivity index (χ2v) is 6.66. The van der Waals surface area contributed by atoms with Crippen LogP contribution in [-0.4, -0.2) is 62.0 Å². The summed E-state index contributed by atoms with van der Waals surface area (Å²) in [6, 6.07) is 0. The van der Waals surface area contributed by atoms with Crippen molar-refractivity contribution in [3.8, 4) is 0 Å². The Morgan fingerprint density at radius 2 is 2.11 bits per heavy atom. The highest BCUT2D eigenvalue weighted by Gasteiger charge is 2.31. The van der Waals surface area contributed by atoms with E-state index in [-0.39, 0.29) is 37.0 Å². The molecule has 0 saturated carbocycles. The van der Waals surface area contributed by atoms with Gasteiger partial charge in [0.15, 0.2) is 9.84 Å². The van der Waals surface area contributed by atoms with Gasteiger partial charge in [0.05, 0.1) is 24.7 Å². The number of hydrogen-bond donors (Lipinski definition) is 1. The number of carbonyl (C=O) groups is 1. The maximum atomic E-state index is 12.2. The van der Waals surface area contributed by atoms with E-state index >= 15 is 0 Å². The Labute approximate surface area is 105 Å². The molecule has 8 heteroatoms. The van der Waals surface area contributed by atoms with Crippen molar-refractivity contribution < 1.29 is 27.1 Å².